The van der Waals surface area contributed by atoms with Gasteiger partial charge in [0, 0.05) is 18.9 Å². The lowest BCUT2D eigenvalue weighted by Gasteiger charge is -2.39. The zero-order valence-electron chi connectivity index (χ0n) is 18.2. The van der Waals surface area contributed by atoms with Crippen molar-refractivity contribution in [2.75, 3.05) is 6.61 Å². The summed E-state index contributed by atoms with van der Waals surface area (Å²) < 4.78 is 13.4. The van der Waals surface area contributed by atoms with E-state index in [0.717, 1.165) is 16.7 Å². The number of hydrogen-bond acceptors (Lipinski definition) is 8. The Hall–Kier alpha value is -3.34. The number of ether oxygens (including phenoxy) is 2. The van der Waals surface area contributed by atoms with Gasteiger partial charge >= 0.3 is 0 Å². The van der Waals surface area contributed by atoms with E-state index in [1.165, 1.54) is 0 Å². The van der Waals surface area contributed by atoms with E-state index in [0.29, 0.717) is 23.3 Å². The van der Waals surface area contributed by atoms with Crippen molar-refractivity contribution in [2.45, 2.75) is 37.3 Å². The molecule has 0 spiro atoms. The Labute approximate surface area is 195 Å². The van der Waals surface area contributed by atoms with E-state index < -0.39 is 37.3 Å². The van der Waals surface area contributed by atoms with E-state index >= 15 is 0 Å². The summed E-state index contributed by atoms with van der Waals surface area (Å²) in [4.78, 5) is 8.62. The molecule has 2 aromatic carbocycles. The SMILES string of the molecule is OC[C@@H]1OC(Oc2cccc3ncn(Cc4ccc(-c5cccnc5)cc4)c23)[C@@H](O)[C@H](O)[C@H]1O. The molecule has 0 amide bonds. The predicted octanol–water partition coefficient (Wildman–Crippen LogP) is 1.33. The molecule has 9 heteroatoms. The third-order valence-corrected chi connectivity index (χ3v) is 5.99. The van der Waals surface area contributed by atoms with Crippen molar-refractivity contribution in [1.29, 1.82) is 0 Å². The number of imidazole rings is 1. The molecule has 1 unspecified atom stereocenters. The van der Waals surface area contributed by atoms with Crippen LogP contribution in [0.1, 0.15) is 5.56 Å². The minimum atomic E-state index is -1.52. The normalized spacial score (nSPS) is 24.9. The highest BCUT2D eigenvalue weighted by Gasteiger charge is 2.44. The van der Waals surface area contributed by atoms with Gasteiger partial charge in [-0.3, -0.25) is 4.98 Å². The van der Waals surface area contributed by atoms with Gasteiger partial charge in [-0.05, 0) is 34.9 Å². The number of rotatable bonds is 6. The first-order valence-corrected chi connectivity index (χ1v) is 11.0. The number of para-hydroxylation sites is 1. The molecular weight excluding hydrogens is 438 g/mol. The summed E-state index contributed by atoms with van der Waals surface area (Å²) in [6, 6.07) is 17.4. The summed E-state index contributed by atoms with van der Waals surface area (Å²) in [5.74, 6) is 0.395. The second kappa shape index (κ2) is 9.49. The number of aromatic nitrogens is 3. The van der Waals surface area contributed by atoms with Gasteiger partial charge in [-0.1, -0.05) is 36.4 Å². The Morgan fingerprint density at radius 3 is 2.47 bits per heavy atom. The van der Waals surface area contributed by atoms with Crippen LogP contribution in [-0.4, -0.2) is 72.3 Å². The third kappa shape index (κ3) is 4.27. The van der Waals surface area contributed by atoms with E-state index in [1.54, 1.807) is 24.7 Å². The minimum Gasteiger partial charge on any atom is -0.460 e. The molecular formula is C25H25N3O6. The molecule has 5 rings (SSSR count). The summed E-state index contributed by atoms with van der Waals surface area (Å²) >= 11 is 0. The Bertz CT molecular complexity index is 1240. The largest absolute Gasteiger partial charge is 0.460 e. The van der Waals surface area contributed by atoms with Crippen LogP contribution in [0.4, 0.5) is 0 Å². The first-order valence-electron chi connectivity index (χ1n) is 11.0. The lowest BCUT2D eigenvalue weighted by molar-refractivity contribution is -0.277. The molecule has 3 heterocycles. The lowest BCUT2D eigenvalue weighted by atomic mass is 9.99. The molecule has 0 bridgehead atoms. The highest BCUT2D eigenvalue weighted by Crippen LogP contribution is 2.30. The fourth-order valence-corrected chi connectivity index (χ4v) is 4.13. The summed E-state index contributed by atoms with van der Waals surface area (Å²) in [7, 11) is 0. The van der Waals surface area contributed by atoms with E-state index in [2.05, 4.69) is 9.97 Å². The van der Waals surface area contributed by atoms with E-state index in [4.69, 9.17) is 9.47 Å². The van der Waals surface area contributed by atoms with Gasteiger partial charge in [0.2, 0.25) is 6.29 Å². The van der Waals surface area contributed by atoms with Crippen LogP contribution < -0.4 is 4.74 Å². The molecule has 2 aromatic heterocycles. The third-order valence-electron chi connectivity index (χ3n) is 5.99. The molecule has 34 heavy (non-hydrogen) atoms. The first-order chi connectivity index (χ1) is 16.5. The highest BCUT2D eigenvalue weighted by molar-refractivity contribution is 5.82. The van der Waals surface area contributed by atoms with Gasteiger partial charge in [0.05, 0.1) is 18.5 Å². The number of aliphatic hydroxyl groups is 4. The summed E-state index contributed by atoms with van der Waals surface area (Å²) in [6.45, 7) is 0.000847. The molecule has 1 aliphatic rings. The summed E-state index contributed by atoms with van der Waals surface area (Å²) in [5.41, 5.74) is 4.54. The van der Waals surface area contributed by atoms with Crippen molar-refractivity contribution in [3.8, 4) is 16.9 Å². The van der Waals surface area contributed by atoms with Crippen LogP contribution in [0.5, 0.6) is 5.75 Å². The van der Waals surface area contributed by atoms with Crippen LogP contribution in [-0.2, 0) is 11.3 Å². The van der Waals surface area contributed by atoms with Crippen molar-refractivity contribution >= 4 is 11.0 Å². The average Bonchev–Trinajstić information content (AvgIpc) is 3.29. The number of pyridine rings is 1. The molecule has 5 atom stereocenters. The highest BCUT2D eigenvalue weighted by atomic mass is 16.7. The van der Waals surface area contributed by atoms with Crippen LogP contribution in [0, 0.1) is 0 Å². The molecule has 0 saturated carbocycles. The maximum atomic E-state index is 10.4. The number of aliphatic hydroxyl groups excluding tert-OH is 4. The maximum Gasteiger partial charge on any atom is 0.229 e. The van der Waals surface area contributed by atoms with Crippen molar-refractivity contribution in [2.24, 2.45) is 0 Å². The van der Waals surface area contributed by atoms with Crippen molar-refractivity contribution in [1.82, 2.24) is 14.5 Å². The van der Waals surface area contributed by atoms with Gasteiger partial charge in [0.15, 0.2) is 0 Å². The fraction of sp³-hybridized carbons (Fsp3) is 0.280. The number of fused-ring (bicyclic) bond motifs is 1. The molecule has 4 N–H and O–H groups in total. The molecule has 9 nitrogen and oxygen atoms in total. The molecule has 1 saturated heterocycles. The predicted molar refractivity (Wildman–Crippen MR) is 123 cm³/mol. The number of benzene rings is 2. The topological polar surface area (TPSA) is 130 Å². The maximum absolute atomic E-state index is 10.4. The number of nitrogens with zero attached hydrogens (tertiary/aromatic N) is 3. The van der Waals surface area contributed by atoms with Crippen LogP contribution in [0.25, 0.3) is 22.2 Å². The van der Waals surface area contributed by atoms with Crippen molar-refractivity contribution in [3.05, 3.63) is 78.9 Å². The average molecular weight is 463 g/mol. The van der Waals surface area contributed by atoms with Gasteiger partial charge in [0.25, 0.3) is 0 Å². The van der Waals surface area contributed by atoms with Crippen molar-refractivity contribution in [3.63, 3.8) is 0 Å². The smallest absolute Gasteiger partial charge is 0.229 e. The van der Waals surface area contributed by atoms with Crippen LogP contribution in [0.15, 0.2) is 73.3 Å². The number of hydrogen-bond donors (Lipinski definition) is 4. The van der Waals surface area contributed by atoms with E-state index in [-0.39, 0.29) is 0 Å². The second-order valence-corrected chi connectivity index (χ2v) is 8.25. The Morgan fingerprint density at radius 1 is 0.912 bits per heavy atom. The molecule has 1 fully saturated rings. The minimum absolute atomic E-state index is 0.395. The summed E-state index contributed by atoms with van der Waals surface area (Å²) in [5, 5.41) is 39.9. The molecule has 0 radical (unpaired) electrons. The summed E-state index contributed by atoms with van der Waals surface area (Å²) in [6.07, 6.45) is -1.51. The lowest BCUT2D eigenvalue weighted by Crippen LogP contribution is -2.60. The van der Waals surface area contributed by atoms with Crippen LogP contribution >= 0.6 is 0 Å². The quantitative estimate of drug-likeness (QED) is 0.337. The molecule has 176 valence electrons. The van der Waals surface area contributed by atoms with Gasteiger partial charge in [-0.15, -0.1) is 0 Å². The molecule has 0 aliphatic carbocycles. The van der Waals surface area contributed by atoms with Gasteiger partial charge in [-0.25, -0.2) is 4.98 Å². The van der Waals surface area contributed by atoms with Gasteiger partial charge in [-0.2, -0.15) is 0 Å². The zero-order valence-corrected chi connectivity index (χ0v) is 18.2. The van der Waals surface area contributed by atoms with Crippen LogP contribution in [0.3, 0.4) is 0 Å². The second-order valence-electron chi connectivity index (χ2n) is 8.25. The monoisotopic (exact) mass is 463 g/mol. The fourth-order valence-electron chi connectivity index (χ4n) is 4.13. The van der Waals surface area contributed by atoms with Crippen molar-refractivity contribution < 1.29 is 29.9 Å². The first kappa shape index (κ1) is 22.5. The Kier molecular flexibility index (Phi) is 6.27. The Balaban J connectivity index is 1.40. The van der Waals surface area contributed by atoms with Crippen LogP contribution in [0.2, 0.25) is 0 Å². The molecule has 4 aromatic rings. The van der Waals surface area contributed by atoms with Gasteiger partial charge in [0.1, 0.15) is 35.7 Å². The van der Waals surface area contributed by atoms with E-state index in [1.807, 2.05) is 53.2 Å². The standard InChI is InChI=1S/C25H25N3O6/c29-13-20-22(30)23(31)24(32)25(34-20)33-19-5-1-4-18-21(19)28(14-27-18)12-15-6-8-16(9-7-15)17-3-2-10-26-11-17/h1-11,14,20,22-25,29-32H,12-13H2/t20-,22-,23+,24-,25?/m0/s1. The van der Waals surface area contributed by atoms with Gasteiger partial charge < -0.3 is 34.5 Å². The zero-order chi connectivity index (χ0) is 23.7. The molecule has 1 aliphatic heterocycles. The van der Waals surface area contributed by atoms with E-state index in [9.17, 15) is 20.4 Å². The Morgan fingerprint density at radius 2 is 1.74 bits per heavy atom.